The first-order valence-electron chi connectivity index (χ1n) is 11.7. The number of hydrogen-bond donors (Lipinski definition) is 2. The first-order valence-corrected chi connectivity index (χ1v) is 11.7. The summed E-state index contributed by atoms with van der Waals surface area (Å²) in [7, 11) is 1.80. The minimum Gasteiger partial charge on any atom is -0.354 e. The standard InChI is InChI=1S/C26H30FN5O/c1-16(2)24-20-12-18(17-6-9-31(10-7-17)23(33)14-28-3)4-5-22(20)30-25(24)19-13-21(27)26-29-8-11-32(26)15-19/h4-5,8,11-13,15-17,28,30H,6-7,9-10,14H2,1-3H3. The van der Waals surface area contributed by atoms with E-state index in [1.165, 1.54) is 16.5 Å². The average Bonchev–Trinajstić information content (AvgIpc) is 3.44. The van der Waals surface area contributed by atoms with Gasteiger partial charge in [0.2, 0.25) is 5.91 Å². The minimum atomic E-state index is -0.328. The summed E-state index contributed by atoms with van der Waals surface area (Å²) in [4.78, 5) is 21.8. The third-order valence-electron chi connectivity index (χ3n) is 6.82. The Bertz CT molecular complexity index is 1310. The van der Waals surface area contributed by atoms with E-state index in [2.05, 4.69) is 47.3 Å². The van der Waals surface area contributed by atoms with E-state index < -0.39 is 0 Å². The molecule has 5 rings (SSSR count). The van der Waals surface area contributed by atoms with Gasteiger partial charge in [-0.25, -0.2) is 9.37 Å². The molecule has 2 N–H and O–H groups in total. The number of halogens is 1. The van der Waals surface area contributed by atoms with Crippen molar-refractivity contribution in [1.82, 2.24) is 24.6 Å². The van der Waals surface area contributed by atoms with Crippen LogP contribution in [0, 0.1) is 5.82 Å². The largest absolute Gasteiger partial charge is 0.354 e. The van der Waals surface area contributed by atoms with Gasteiger partial charge in [-0.05, 0) is 61.1 Å². The highest BCUT2D eigenvalue weighted by Gasteiger charge is 2.25. The van der Waals surface area contributed by atoms with Crippen molar-refractivity contribution < 1.29 is 9.18 Å². The molecular formula is C26H30FN5O. The van der Waals surface area contributed by atoms with Crippen molar-refractivity contribution >= 4 is 22.5 Å². The number of likely N-dealkylation sites (N-methyl/N-ethyl adjacent to an activating group) is 1. The highest BCUT2D eigenvalue weighted by molar-refractivity contribution is 5.92. The average molecular weight is 448 g/mol. The number of benzene rings is 1. The zero-order valence-electron chi connectivity index (χ0n) is 19.4. The maximum atomic E-state index is 14.7. The van der Waals surface area contributed by atoms with Crippen LogP contribution in [0.5, 0.6) is 0 Å². The van der Waals surface area contributed by atoms with E-state index in [1.54, 1.807) is 29.9 Å². The Kier molecular flexibility index (Phi) is 5.66. The lowest BCUT2D eigenvalue weighted by Crippen LogP contribution is -2.41. The fourth-order valence-corrected chi connectivity index (χ4v) is 5.16. The number of nitrogens with one attached hydrogen (secondary N) is 2. The molecule has 3 aromatic heterocycles. The maximum absolute atomic E-state index is 14.7. The van der Waals surface area contributed by atoms with Crippen LogP contribution in [0.4, 0.5) is 4.39 Å². The number of rotatable bonds is 5. The summed E-state index contributed by atoms with van der Waals surface area (Å²) in [5.74, 6) is 0.551. The molecular weight excluding hydrogens is 417 g/mol. The number of nitrogens with zero attached hydrogens (tertiary/aromatic N) is 3. The maximum Gasteiger partial charge on any atom is 0.236 e. The number of carbonyl (C=O) groups excluding carboxylic acids is 1. The van der Waals surface area contributed by atoms with Gasteiger partial charge in [0.25, 0.3) is 0 Å². The normalized spacial score (nSPS) is 15.2. The number of pyridine rings is 1. The second kappa shape index (κ2) is 8.63. The Morgan fingerprint density at radius 2 is 2.06 bits per heavy atom. The molecule has 0 atom stereocenters. The van der Waals surface area contributed by atoms with Crippen LogP contribution in [0.15, 0.2) is 42.9 Å². The highest BCUT2D eigenvalue weighted by Crippen LogP contribution is 2.38. The summed E-state index contributed by atoms with van der Waals surface area (Å²) in [5.41, 5.74) is 5.68. The molecule has 1 aliphatic rings. The van der Waals surface area contributed by atoms with Crippen LogP contribution >= 0.6 is 0 Å². The number of hydrogen-bond acceptors (Lipinski definition) is 3. The highest BCUT2D eigenvalue weighted by atomic mass is 19.1. The molecule has 0 bridgehead atoms. The Labute approximate surface area is 192 Å². The van der Waals surface area contributed by atoms with E-state index >= 15 is 0 Å². The van der Waals surface area contributed by atoms with Crippen molar-refractivity contribution in [2.75, 3.05) is 26.7 Å². The zero-order chi connectivity index (χ0) is 23.1. The van der Waals surface area contributed by atoms with Crippen molar-refractivity contribution in [2.24, 2.45) is 0 Å². The minimum absolute atomic E-state index is 0.172. The summed E-state index contributed by atoms with van der Waals surface area (Å²) < 4.78 is 16.4. The molecule has 7 heteroatoms. The lowest BCUT2D eigenvalue weighted by atomic mass is 9.87. The fraction of sp³-hybridized carbons (Fsp3) is 0.385. The fourth-order valence-electron chi connectivity index (χ4n) is 5.16. The summed E-state index contributed by atoms with van der Waals surface area (Å²) in [6.45, 7) is 6.34. The Morgan fingerprint density at radius 3 is 2.79 bits per heavy atom. The number of carbonyl (C=O) groups is 1. The van der Waals surface area contributed by atoms with Gasteiger partial charge in [-0.3, -0.25) is 4.79 Å². The van der Waals surface area contributed by atoms with Gasteiger partial charge in [0, 0.05) is 48.1 Å². The molecule has 1 saturated heterocycles. The number of aromatic nitrogens is 3. The van der Waals surface area contributed by atoms with Gasteiger partial charge in [-0.2, -0.15) is 0 Å². The number of H-pyrrole nitrogens is 1. The van der Waals surface area contributed by atoms with Crippen LogP contribution in [-0.2, 0) is 4.79 Å². The number of likely N-dealkylation sites (tertiary alicyclic amines) is 1. The predicted molar refractivity (Wildman–Crippen MR) is 129 cm³/mol. The molecule has 33 heavy (non-hydrogen) atoms. The molecule has 172 valence electrons. The SMILES string of the molecule is CNCC(=O)N1CCC(c2ccc3[nH]c(-c4cc(F)c5nccn5c4)c(C(C)C)c3c2)CC1. The van der Waals surface area contributed by atoms with E-state index in [0.717, 1.165) is 42.7 Å². The van der Waals surface area contributed by atoms with Crippen molar-refractivity contribution in [1.29, 1.82) is 0 Å². The third kappa shape index (κ3) is 3.91. The van der Waals surface area contributed by atoms with Gasteiger partial charge in [-0.1, -0.05) is 19.9 Å². The van der Waals surface area contributed by atoms with E-state index in [1.807, 2.05) is 11.1 Å². The van der Waals surface area contributed by atoms with Gasteiger partial charge < -0.3 is 19.6 Å². The predicted octanol–water partition coefficient (Wildman–Crippen LogP) is 4.67. The van der Waals surface area contributed by atoms with Crippen LogP contribution in [0.1, 0.15) is 49.7 Å². The number of piperidine rings is 1. The summed E-state index contributed by atoms with van der Waals surface area (Å²) in [5, 5.41) is 4.14. The van der Waals surface area contributed by atoms with Gasteiger partial charge >= 0.3 is 0 Å². The smallest absolute Gasteiger partial charge is 0.236 e. The summed E-state index contributed by atoms with van der Waals surface area (Å²) in [6.07, 6.45) is 7.25. The van der Waals surface area contributed by atoms with Crippen LogP contribution in [-0.4, -0.2) is 51.9 Å². The molecule has 1 amide bonds. The molecule has 0 spiro atoms. The lowest BCUT2D eigenvalue weighted by molar-refractivity contribution is -0.131. The third-order valence-corrected chi connectivity index (χ3v) is 6.82. The number of fused-ring (bicyclic) bond motifs is 2. The van der Waals surface area contributed by atoms with Crippen molar-refractivity contribution in [3.63, 3.8) is 0 Å². The Morgan fingerprint density at radius 1 is 1.27 bits per heavy atom. The van der Waals surface area contributed by atoms with E-state index in [-0.39, 0.29) is 17.6 Å². The van der Waals surface area contributed by atoms with Crippen LogP contribution in [0.3, 0.4) is 0 Å². The van der Waals surface area contributed by atoms with E-state index in [9.17, 15) is 9.18 Å². The van der Waals surface area contributed by atoms with Crippen LogP contribution in [0.2, 0.25) is 0 Å². The Balaban J connectivity index is 1.50. The van der Waals surface area contributed by atoms with Crippen molar-refractivity contribution in [2.45, 2.75) is 38.5 Å². The quantitative estimate of drug-likeness (QED) is 0.467. The second-order valence-corrected chi connectivity index (χ2v) is 9.29. The van der Waals surface area contributed by atoms with Gasteiger partial charge in [0.15, 0.2) is 11.5 Å². The zero-order valence-corrected chi connectivity index (χ0v) is 19.4. The molecule has 0 aliphatic carbocycles. The first kappa shape index (κ1) is 21.6. The van der Waals surface area contributed by atoms with Crippen molar-refractivity contribution in [3.8, 4) is 11.3 Å². The molecule has 4 heterocycles. The van der Waals surface area contributed by atoms with E-state index in [4.69, 9.17) is 0 Å². The molecule has 1 aromatic carbocycles. The molecule has 1 fully saturated rings. The lowest BCUT2D eigenvalue weighted by Gasteiger charge is -2.32. The Hall–Kier alpha value is -3.19. The van der Waals surface area contributed by atoms with Crippen LogP contribution in [0.25, 0.3) is 27.8 Å². The van der Waals surface area contributed by atoms with Gasteiger partial charge in [0.1, 0.15) is 0 Å². The molecule has 4 aromatic rings. The number of amides is 1. The number of aromatic amines is 1. The van der Waals surface area contributed by atoms with Crippen LogP contribution < -0.4 is 5.32 Å². The van der Waals surface area contributed by atoms with Crippen molar-refractivity contribution in [3.05, 3.63) is 59.8 Å². The molecule has 0 unspecified atom stereocenters. The van der Waals surface area contributed by atoms with E-state index in [0.29, 0.717) is 18.1 Å². The van der Waals surface area contributed by atoms with Gasteiger partial charge in [0.05, 0.1) is 12.2 Å². The summed E-state index contributed by atoms with van der Waals surface area (Å²) >= 11 is 0. The molecule has 0 saturated carbocycles. The summed E-state index contributed by atoms with van der Waals surface area (Å²) in [6, 6.07) is 8.21. The molecule has 6 nitrogen and oxygen atoms in total. The topological polar surface area (TPSA) is 65.4 Å². The molecule has 1 aliphatic heterocycles. The molecule has 0 radical (unpaired) electrons. The second-order valence-electron chi connectivity index (χ2n) is 9.29. The van der Waals surface area contributed by atoms with Gasteiger partial charge in [-0.15, -0.1) is 0 Å². The number of imidazole rings is 1. The monoisotopic (exact) mass is 447 g/mol. The first-order chi connectivity index (χ1) is 16.0.